The third-order valence-electron chi connectivity index (χ3n) is 3.87. The first-order valence-electron chi connectivity index (χ1n) is 7.89. The summed E-state index contributed by atoms with van der Waals surface area (Å²) in [5.74, 6) is 1.26. The second-order valence-electron chi connectivity index (χ2n) is 6.37. The molecule has 0 aromatic carbocycles. The van der Waals surface area contributed by atoms with Crippen molar-refractivity contribution in [3.63, 3.8) is 0 Å². The summed E-state index contributed by atoms with van der Waals surface area (Å²) in [5.41, 5.74) is 0.650. The molecule has 1 saturated heterocycles. The molecule has 0 radical (unpaired) electrons. The number of hydrogen-bond acceptors (Lipinski definition) is 6. The maximum absolute atomic E-state index is 12.0. The molecule has 1 aliphatic rings. The van der Waals surface area contributed by atoms with Crippen LogP contribution >= 0.6 is 0 Å². The molecule has 1 unspecified atom stereocenters. The summed E-state index contributed by atoms with van der Waals surface area (Å²) in [5, 5.41) is 6.51. The molecule has 1 fully saturated rings. The SMILES string of the molecule is CC(C)CCNc1ncc(S(C)(=O)=O)c(C2CCCNC2)n1. The predicted molar refractivity (Wildman–Crippen MR) is 87.9 cm³/mol. The van der Waals surface area contributed by atoms with Crippen molar-refractivity contribution in [1.29, 1.82) is 0 Å². The Morgan fingerprint density at radius 3 is 2.82 bits per heavy atom. The maximum atomic E-state index is 12.0. The van der Waals surface area contributed by atoms with Gasteiger partial charge in [0, 0.05) is 25.3 Å². The Balaban J connectivity index is 2.24. The van der Waals surface area contributed by atoms with Gasteiger partial charge in [0.05, 0.1) is 11.9 Å². The van der Waals surface area contributed by atoms with Gasteiger partial charge in [0.1, 0.15) is 4.90 Å². The number of rotatable bonds is 6. The molecule has 0 saturated carbocycles. The summed E-state index contributed by atoms with van der Waals surface area (Å²) in [6.07, 6.45) is 5.69. The van der Waals surface area contributed by atoms with Gasteiger partial charge < -0.3 is 10.6 Å². The van der Waals surface area contributed by atoms with E-state index in [0.29, 0.717) is 17.6 Å². The number of hydrogen-bond donors (Lipinski definition) is 2. The van der Waals surface area contributed by atoms with Crippen LogP contribution in [0.15, 0.2) is 11.1 Å². The lowest BCUT2D eigenvalue weighted by Gasteiger charge is -2.24. The van der Waals surface area contributed by atoms with Crippen LogP contribution in [-0.2, 0) is 9.84 Å². The van der Waals surface area contributed by atoms with Crippen molar-refractivity contribution < 1.29 is 8.42 Å². The van der Waals surface area contributed by atoms with Gasteiger partial charge in [-0.3, -0.25) is 0 Å². The molecule has 6 nitrogen and oxygen atoms in total. The van der Waals surface area contributed by atoms with Gasteiger partial charge in [0.2, 0.25) is 5.95 Å². The van der Waals surface area contributed by atoms with E-state index in [-0.39, 0.29) is 10.8 Å². The van der Waals surface area contributed by atoms with Crippen molar-refractivity contribution in [3.8, 4) is 0 Å². The zero-order valence-electron chi connectivity index (χ0n) is 13.6. The molecule has 1 aliphatic heterocycles. The molecule has 124 valence electrons. The minimum atomic E-state index is -3.31. The first kappa shape index (κ1) is 17.1. The Morgan fingerprint density at radius 1 is 1.45 bits per heavy atom. The second kappa shape index (κ2) is 7.37. The minimum absolute atomic E-state index is 0.132. The number of nitrogens with zero attached hydrogens (tertiary/aromatic N) is 2. The van der Waals surface area contributed by atoms with E-state index < -0.39 is 9.84 Å². The number of anilines is 1. The molecule has 22 heavy (non-hydrogen) atoms. The molecule has 2 N–H and O–H groups in total. The van der Waals surface area contributed by atoms with Crippen LogP contribution in [0.5, 0.6) is 0 Å². The molecule has 0 aliphatic carbocycles. The van der Waals surface area contributed by atoms with E-state index in [1.54, 1.807) is 0 Å². The van der Waals surface area contributed by atoms with Gasteiger partial charge in [0.15, 0.2) is 9.84 Å². The van der Waals surface area contributed by atoms with Crippen LogP contribution in [0.2, 0.25) is 0 Å². The minimum Gasteiger partial charge on any atom is -0.354 e. The third-order valence-corrected chi connectivity index (χ3v) is 4.98. The fourth-order valence-corrected chi connectivity index (χ4v) is 3.44. The average molecular weight is 326 g/mol. The van der Waals surface area contributed by atoms with Gasteiger partial charge in [-0.1, -0.05) is 13.8 Å². The quantitative estimate of drug-likeness (QED) is 0.829. The molecule has 1 atom stereocenters. The fraction of sp³-hybridized carbons (Fsp3) is 0.733. The largest absolute Gasteiger partial charge is 0.354 e. The van der Waals surface area contributed by atoms with E-state index in [1.165, 1.54) is 12.5 Å². The molecular weight excluding hydrogens is 300 g/mol. The van der Waals surface area contributed by atoms with Gasteiger partial charge in [-0.2, -0.15) is 0 Å². The Labute approximate surface area is 133 Å². The fourth-order valence-electron chi connectivity index (χ4n) is 2.61. The van der Waals surface area contributed by atoms with Crippen LogP contribution in [0, 0.1) is 5.92 Å². The van der Waals surface area contributed by atoms with Gasteiger partial charge >= 0.3 is 0 Å². The lowest BCUT2D eigenvalue weighted by atomic mass is 9.96. The first-order chi connectivity index (χ1) is 10.4. The highest BCUT2D eigenvalue weighted by molar-refractivity contribution is 7.90. The molecule has 1 aromatic heterocycles. The zero-order valence-corrected chi connectivity index (χ0v) is 14.4. The van der Waals surface area contributed by atoms with Crippen LogP contribution in [0.4, 0.5) is 5.95 Å². The van der Waals surface area contributed by atoms with Crippen LogP contribution in [-0.4, -0.2) is 44.3 Å². The monoisotopic (exact) mass is 326 g/mol. The summed E-state index contributed by atoms with van der Waals surface area (Å²) < 4.78 is 24.0. The Bertz CT molecular complexity index is 596. The summed E-state index contributed by atoms with van der Waals surface area (Å²) >= 11 is 0. The Kier molecular flexibility index (Phi) is 5.74. The van der Waals surface area contributed by atoms with E-state index in [9.17, 15) is 8.42 Å². The van der Waals surface area contributed by atoms with Gasteiger partial charge in [0.25, 0.3) is 0 Å². The zero-order chi connectivity index (χ0) is 16.2. The van der Waals surface area contributed by atoms with Crippen molar-refractivity contribution in [2.24, 2.45) is 5.92 Å². The summed E-state index contributed by atoms with van der Waals surface area (Å²) in [4.78, 5) is 8.95. The highest BCUT2D eigenvalue weighted by Crippen LogP contribution is 2.27. The van der Waals surface area contributed by atoms with Crippen LogP contribution in [0.1, 0.15) is 44.7 Å². The van der Waals surface area contributed by atoms with E-state index in [1.807, 2.05) is 0 Å². The van der Waals surface area contributed by atoms with E-state index in [0.717, 1.165) is 38.9 Å². The summed E-state index contributed by atoms with van der Waals surface area (Å²) in [6, 6.07) is 0. The highest BCUT2D eigenvalue weighted by Gasteiger charge is 2.25. The van der Waals surface area contributed by atoms with Crippen LogP contribution in [0.25, 0.3) is 0 Å². The van der Waals surface area contributed by atoms with E-state index >= 15 is 0 Å². The standard InChI is InChI=1S/C15H26N4O2S/c1-11(2)6-8-17-15-18-10-13(22(3,20)21)14(19-15)12-5-4-7-16-9-12/h10-12,16H,4-9H2,1-3H3,(H,17,18,19). The normalized spacial score (nSPS) is 19.4. The Morgan fingerprint density at radius 2 is 2.23 bits per heavy atom. The smallest absolute Gasteiger partial charge is 0.222 e. The second-order valence-corrected chi connectivity index (χ2v) is 8.35. The molecule has 1 aromatic rings. The highest BCUT2D eigenvalue weighted by atomic mass is 32.2. The molecule has 0 spiro atoms. The van der Waals surface area contributed by atoms with Crippen molar-refractivity contribution in [1.82, 2.24) is 15.3 Å². The molecule has 2 heterocycles. The Hall–Kier alpha value is -1.21. The molecule has 0 bridgehead atoms. The average Bonchev–Trinajstić information content (AvgIpc) is 2.46. The van der Waals surface area contributed by atoms with Gasteiger partial charge in [-0.05, 0) is 31.7 Å². The van der Waals surface area contributed by atoms with Crippen molar-refractivity contribution in [3.05, 3.63) is 11.9 Å². The lowest BCUT2D eigenvalue weighted by Crippen LogP contribution is -2.30. The first-order valence-corrected chi connectivity index (χ1v) is 9.78. The summed E-state index contributed by atoms with van der Waals surface area (Å²) in [7, 11) is -3.31. The number of aromatic nitrogens is 2. The number of nitrogens with one attached hydrogen (secondary N) is 2. The predicted octanol–water partition coefficient (Wildman–Crippen LogP) is 1.81. The summed E-state index contributed by atoms with van der Waals surface area (Å²) in [6.45, 7) is 6.86. The van der Waals surface area contributed by atoms with Crippen molar-refractivity contribution >= 4 is 15.8 Å². The van der Waals surface area contributed by atoms with Gasteiger partial charge in [-0.25, -0.2) is 18.4 Å². The van der Waals surface area contributed by atoms with Gasteiger partial charge in [-0.15, -0.1) is 0 Å². The number of piperidine rings is 1. The third kappa shape index (κ3) is 4.64. The number of sulfone groups is 1. The maximum Gasteiger partial charge on any atom is 0.222 e. The molecular formula is C15H26N4O2S. The van der Waals surface area contributed by atoms with Crippen LogP contribution < -0.4 is 10.6 Å². The van der Waals surface area contributed by atoms with Crippen molar-refractivity contribution in [2.75, 3.05) is 31.2 Å². The molecule has 0 amide bonds. The van der Waals surface area contributed by atoms with E-state index in [4.69, 9.17) is 0 Å². The lowest BCUT2D eigenvalue weighted by molar-refractivity contribution is 0.448. The van der Waals surface area contributed by atoms with Crippen LogP contribution in [0.3, 0.4) is 0 Å². The molecule has 7 heteroatoms. The van der Waals surface area contributed by atoms with Crippen molar-refractivity contribution in [2.45, 2.75) is 43.9 Å². The topological polar surface area (TPSA) is 84.0 Å². The van der Waals surface area contributed by atoms with E-state index in [2.05, 4.69) is 34.4 Å². The molecule has 2 rings (SSSR count).